The van der Waals surface area contributed by atoms with Crippen LogP contribution in [0.3, 0.4) is 0 Å². The summed E-state index contributed by atoms with van der Waals surface area (Å²) in [5.74, 6) is 0.501. The molecule has 4 aromatic carbocycles. The molecule has 9 nitrogen and oxygen atoms in total. The van der Waals surface area contributed by atoms with Gasteiger partial charge in [0.05, 0.1) is 16.7 Å². The molecular formula is C33H29Cl2N5O4. The first kappa shape index (κ1) is 30.9. The monoisotopic (exact) mass is 629 g/mol. The number of ether oxygens (including phenoxy) is 2. The molecule has 0 radical (unpaired) electrons. The fourth-order valence-electron chi connectivity index (χ4n) is 5.00. The zero-order valence-electron chi connectivity index (χ0n) is 23.6. The van der Waals surface area contributed by atoms with Crippen molar-refractivity contribution in [2.45, 2.75) is 31.0 Å². The number of carbonyl (C=O) groups is 1. The van der Waals surface area contributed by atoms with E-state index < -0.39 is 11.6 Å². The average molecular weight is 631 g/mol. The van der Waals surface area contributed by atoms with Gasteiger partial charge in [0.15, 0.2) is 11.6 Å². The molecule has 0 fully saturated rings. The maximum absolute atomic E-state index is 14.4. The number of amides is 1. The Labute approximate surface area is 264 Å². The molecule has 1 heterocycles. The largest absolute Gasteiger partial charge is 0.494 e. The first-order valence-electron chi connectivity index (χ1n) is 13.9. The number of rotatable bonds is 12. The van der Waals surface area contributed by atoms with Gasteiger partial charge >= 0.3 is 0 Å². The summed E-state index contributed by atoms with van der Waals surface area (Å²) < 4.78 is 12.2. The zero-order valence-corrected chi connectivity index (χ0v) is 25.1. The number of hydrogen-bond acceptors (Lipinski definition) is 6. The van der Waals surface area contributed by atoms with Gasteiger partial charge < -0.3 is 19.9 Å². The molecule has 4 aromatic rings. The molecule has 1 aliphatic heterocycles. The van der Waals surface area contributed by atoms with Gasteiger partial charge in [-0.3, -0.25) is 4.79 Å². The highest BCUT2D eigenvalue weighted by atomic mass is 35.5. The summed E-state index contributed by atoms with van der Waals surface area (Å²) in [6, 6.07) is 28.9. The Morgan fingerprint density at radius 3 is 2.48 bits per heavy atom. The van der Waals surface area contributed by atoms with Crippen LogP contribution in [-0.4, -0.2) is 35.7 Å². The van der Waals surface area contributed by atoms with Crippen LogP contribution < -0.4 is 10.1 Å². The molecule has 2 atom stereocenters. The number of azide groups is 1. The van der Waals surface area contributed by atoms with Crippen LogP contribution in [0.1, 0.15) is 34.8 Å². The zero-order chi connectivity index (χ0) is 30.9. The summed E-state index contributed by atoms with van der Waals surface area (Å²) >= 11 is 12.3. The van der Waals surface area contributed by atoms with Crippen LogP contribution in [0.25, 0.3) is 10.4 Å². The maximum atomic E-state index is 14.4. The third kappa shape index (κ3) is 6.98. The first-order valence-corrected chi connectivity index (χ1v) is 14.7. The molecule has 11 heteroatoms. The number of aliphatic imine (C=N–C) groups is 1. The standard InChI is InChI=1S/C33H29Cl2N5O4/c34-27-16-11-23(19-28(27)35)21-37-32(42)33(20-22-7-2-1-3-8-22)30(26-9-4-5-10-29(26)39-40-36)44-31(38-33)24-12-14-25(15-13-24)43-18-6-17-41/h1-5,7-16,19,30,41H,6,17-18,20-21H2,(H,37,42)/t30-,33-/m1/s1. The van der Waals surface area contributed by atoms with E-state index in [1.54, 1.807) is 66.7 Å². The molecular weight excluding hydrogens is 601 g/mol. The highest BCUT2D eigenvalue weighted by Gasteiger charge is 2.53. The average Bonchev–Trinajstić information content (AvgIpc) is 3.43. The predicted octanol–water partition coefficient (Wildman–Crippen LogP) is 7.51. The fourth-order valence-corrected chi connectivity index (χ4v) is 5.32. The number of aliphatic hydroxyl groups excluding tert-OH is 1. The minimum atomic E-state index is -1.48. The van der Waals surface area contributed by atoms with Crippen molar-refractivity contribution >= 4 is 40.7 Å². The summed E-state index contributed by atoms with van der Waals surface area (Å²) in [4.78, 5) is 22.4. The second-order valence-electron chi connectivity index (χ2n) is 10.1. The first-order chi connectivity index (χ1) is 21.4. The summed E-state index contributed by atoms with van der Waals surface area (Å²) in [6.45, 7) is 0.588. The summed E-state index contributed by atoms with van der Waals surface area (Å²) in [5, 5.41) is 16.8. The maximum Gasteiger partial charge on any atom is 0.252 e. The van der Waals surface area contributed by atoms with E-state index in [4.69, 9.17) is 42.8 Å². The van der Waals surface area contributed by atoms with Gasteiger partial charge in [0.25, 0.3) is 5.91 Å². The van der Waals surface area contributed by atoms with Crippen LogP contribution in [0.4, 0.5) is 5.69 Å². The third-order valence-corrected chi connectivity index (χ3v) is 7.89. The molecule has 0 aliphatic carbocycles. The number of benzene rings is 4. The van der Waals surface area contributed by atoms with Crippen molar-refractivity contribution < 1.29 is 19.4 Å². The van der Waals surface area contributed by atoms with Crippen molar-refractivity contribution in [2.24, 2.45) is 10.1 Å². The molecule has 1 amide bonds. The molecule has 0 unspecified atom stereocenters. The summed E-state index contributed by atoms with van der Waals surface area (Å²) in [7, 11) is 0. The molecule has 0 bridgehead atoms. The molecule has 0 saturated carbocycles. The quantitative estimate of drug-likeness (QED) is 0.0726. The molecule has 224 valence electrons. The molecule has 5 rings (SSSR count). The van der Waals surface area contributed by atoms with E-state index in [1.807, 2.05) is 30.3 Å². The smallest absolute Gasteiger partial charge is 0.252 e. The van der Waals surface area contributed by atoms with Crippen LogP contribution in [0.15, 0.2) is 107 Å². The van der Waals surface area contributed by atoms with Crippen LogP contribution in [-0.2, 0) is 22.5 Å². The van der Waals surface area contributed by atoms with E-state index in [-0.39, 0.29) is 31.4 Å². The number of nitrogens with one attached hydrogen (secondary N) is 1. The van der Waals surface area contributed by atoms with E-state index >= 15 is 0 Å². The van der Waals surface area contributed by atoms with E-state index in [0.29, 0.717) is 45.6 Å². The number of halogens is 2. The van der Waals surface area contributed by atoms with Crippen molar-refractivity contribution in [1.29, 1.82) is 0 Å². The Morgan fingerprint density at radius 1 is 1.00 bits per heavy atom. The van der Waals surface area contributed by atoms with Gasteiger partial charge in [-0.05, 0) is 53.1 Å². The predicted molar refractivity (Wildman–Crippen MR) is 170 cm³/mol. The minimum Gasteiger partial charge on any atom is -0.494 e. The second kappa shape index (κ2) is 14.3. The van der Waals surface area contributed by atoms with Gasteiger partial charge in [-0.2, -0.15) is 0 Å². The minimum absolute atomic E-state index is 0.0397. The van der Waals surface area contributed by atoms with Gasteiger partial charge in [-0.25, -0.2) is 4.99 Å². The Kier molecular flexibility index (Phi) is 10.0. The van der Waals surface area contributed by atoms with Crippen molar-refractivity contribution in [3.63, 3.8) is 0 Å². The second-order valence-corrected chi connectivity index (χ2v) is 10.9. The van der Waals surface area contributed by atoms with E-state index in [9.17, 15) is 10.3 Å². The molecule has 2 N–H and O–H groups in total. The molecule has 1 aliphatic rings. The van der Waals surface area contributed by atoms with Crippen LogP contribution in [0, 0.1) is 0 Å². The van der Waals surface area contributed by atoms with E-state index in [2.05, 4.69) is 15.3 Å². The number of nitrogens with zero attached hydrogens (tertiary/aromatic N) is 4. The lowest BCUT2D eigenvalue weighted by Gasteiger charge is -2.31. The number of hydrogen-bond donors (Lipinski definition) is 2. The Bertz CT molecular complexity index is 1690. The molecule has 0 saturated heterocycles. The lowest BCUT2D eigenvalue weighted by Crippen LogP contribution is -2.49. The van der Waals surface area contributed by atoms with Crippen LogP contribution in [0.5, 0.6) is 5.75 Å². The van der Waals surface area contributed by atoms with Gasteiger partial charge in [-0.1, -0.05) is 89.0 Å². The molecule has 0 spiro atoms. The highest BCUT2D eigenvalue weighted by Crippen LogP contribution is 2.45. The normalized spacial score (nSPS) is 17.2. The Morgan fingerprint density at radius 2 is 1.75 bits per heavy atom. The van der Waals surface area contributed by atoms with Gasteiger partial charge in [0.1, 0.15) is 5.75 Å². The lowest BCUT2D eigenvalue weighted by molar-refractivity contribution is -0.129. The van der Waals surface area contributed by atoms with Gasteiger partial charge in [0.2, 0.25) is 5.90 Å². The SMILES string of the molecule is [N-]=[N+]=Nc1ccccc1[C@H]1OC(c2ccc(OCCCO)cc2)=N[C@@]1(Cc1ccccc1)C(=O)NCc1ccc(Cl)c(Cl)c1. The highest BCUT2D eigenvalue weighted by molar-refractivity contribution is 6.42. The fraction of sp³-hybridized carbons (Fsp3) is 0.212. The van der Waals surface area contributed by atoms with Gasteiger partial charge in [-0.15, -0.1) is 0 Å². The summed E-state index contributed by atoms with van der Waals surface area (Å²) in [5.41, 5.74) is 10.9. The topological polar surface area (TPSA) is 129 Å². The molecule has 0 aromatic heterocycles. The lowest BCUT2D eigenvalue weighted by atomic mass is 9.81. The Balaban J connectivity index is 1.58. The number of carbonyl (C=O) groups excluding carboxylic acids is 1. The van der Waals surface area contributed by atoms with Crippen LogP contribution in [0.2, 0.25) is 10.0 Å². The number of aliphatic hydroxyl groups is 1. The van der Waals surface area contributed by atoms with E-state index in [0.717, 1.165) is 11.1 Å². The third-order valence-electron chi connectivity index (χ3n) is 7.16. The Hall–Kier alpha value is -4.53. The van der Waals surface area contributed by atoms with Crippen molar-refractivity contribution in [3.8, 4) is 5.75 Å². The summed E-state index contributed by atoms with van der Waals surface area (Å²) in [6.07, 6.45) is -0.223. The van der Waals surface area contributed by atoms with Crippen molar-refractivity contribution in [3.05, 3.63) is 140 Å². The van der Waals surface area contributed by atoms with E-state index in [1.165, 1.54) is 0 Å². The van der Waals surface area contributed by atoms with Gasteiger partial charge in [0, 0.05) is 47.7 Å². The molecule has 44 heavy (non-hydrogen) atoms. The van der Waals surface area contributed by atoms with Crippen molar-refractivity contribution in [1.82, 2.24) is 5.32 Å². The van der Waals surface area contributed by atoms with Crippen LogP contribution >= 0.6 is 23.2 Å². The van der Waals surface area contributed by atoms with Crippen molar-refractivity contribution in [2.75, 3.05) is 13.2 Å².